The van der Waals surface area contributed by atoms with E-state index in [1.807, 2.05) is 18.2 Å². The van der Waals surface area contributed by atoms with Gasteiger partial charge in [-0.1, -0.05) is 30.3 Å². The molecule has 1 aliphatic carbocycles. The third-order valence-electron chi connectivity index (χ3n) is 4.95. The lowest BCUT2D eigenvalue weighted by Gasteiger charge is -2.39. The Bertz CT molecular complexity index is 643. The summed E-state index contributed by atoms with van der Waals surface area (Å²) in [6.07, 6.45) is 1.15. The van der Waals surface area contributed by atoms with Gasteiger partial charge in [0.15, 0.2) is 0 Å². The lowest BCUT2D eigenvalue weighted by Crippen LogP contribution is -2.33. The molecule has 120 valence electrons. The van der Waals surface area contributed by atoms with Crippen molar-refractivity contribution in [2.24, 2.45) is 11.8 Å². The second-order valence-electron chi connectivity index (χ2n) is 6.31. The van der Waals surface area contributed by atoms with E-state index in [1.165, 1.54) is 5.56 Å². The Balaban J connectivity index is 1.60. The monoisotopic (exact) mass is 323 g/mol. The molecule has 6 heteroatoms. The van der Waals surface area contributed by atoms with Gasteiger partial charge in [0, 0.05) is 19.5 Å². The summed E-state index contributed by atoms with van der Waals surface area (Å²) in [5.41, 5.74) is 1.30. The van der Waals surface area contributed by atoms with Crippen LogP contribution in [0.5, 0.6) is 0 Å². The van der Waals surface area contributed by atoms with Crippen molar-refractivity contribution in [3.8, 4) is 0 Å². The first-order valence-corrected chi connectivity index (χ1v) is 9.33. The number of hydrogen-bond acceptors (Lipinski definition) is 3. The molecule has 3 atom stereocenters. The van der Waals surface area contributed by atoms with Gasteiger partial charge in [-0.25, -0.2) is 12.7 Å². The Morgan fingerprint density at radius 3 is 2.64 bits per heavy atom. The van der Waals surface area contributed by atoms with Crippen LogP contribution in [-0.4, -0.2) is 42.6 Å². The molecular formula is C16H21NO4S. The van der Waals surface area contributed by atoms with Crippen LogP contribution in [0.25, 0.3) is 0 Å². The molecule has 0 radical (unpaired) electrons. The van der Waals surface area contributed by atoms with Crippen LogP contribution in [0.15, 0.2) is 30.3 Å². The van der Waals surface area contributed by atoms with Crippen molar-refractivity contribution in [3.05, 3.63) is 35.9 Å². The van der Waals surface area contributed by atoms with Crippen molar-refractivity contribution in [3.63, 3.8) is 0 Å². The van der Waals surface area contributed by atoms with E-state index in [4.69, 9.17) is 5.11 Å². The molecule has 2 aliphatic rings. The van der Waals surface area contributed by atoms with Gasteiger partial charge in [0.05, 0.1) is 5.75 Å². The largest absolute Gasteiger partial charge is 0.481 e. The molecule has 0 amide bonds. The van der Waals surface area contributed by atoms with Gasteiger partial charge < -0.3 is 5.11 Å². The van der Waals surface area contributed by atoms with Gasteiger partial charge in [0.2, 0.25) is 10.0 Å². The third kappa shape index (κ3) is 3.03. The summed E-state index contributed by atoms with van der Waals surface area (Å²) in [6.45, 7) is 1.18. The van der Waals surface area contributed by atoms with E-state index < -0.39 is 16.0 Å². The van der Waals surface area contributed by atoms with Crippen molar-refractivity contribution < 1.29 is 18.3 Å². The maximum Gasteiger partial charge on any atom is 0.303 e. The fourth-order valence-electron chi connectivity index (χ4n) is 3.71. The molecule has 1 saturated heterocycles. The van der Waals surface area contributed by atoms with Crippen molar-refractivity contribution >= 4 is 16.0 Å². The first kappa shape index (κ1) is 15.5. The fourth-order valence-corrected chi connectivity index (χ4v) is 5.30. The molecular weight excluding hydrogens is 302 g/mol. The van der Waals surface area contributed by atoms with Crippen LogP contribution in [0.1, 0.15) is 30.7 Å². The SMILES string of the molecule is O=C(O)CCCS(=O)(=O)N1C[C@@H]2C[C@@H](c3ccccc3)[C@@H]2C1. The number of fused-ring (bicyclic) bond motifs is 1. The van der Waals surface area contributed by atoms with E-state index in [9.17, 15) is 13.2 Å². The number of aliphatic carboxylic acids is 1. The zero-order valence-corrected chi connectivity index (χ0v) is 13.2. The molecule has 2 fully saturated rings. The third-order valence-corrected chi connectivity index (χ3v) is 6.84. The van der Waals surface area contributed by atoms with Gasteiger partial charge in [-0.15, -0.1) is 0 Å². The van der Waals surface area contributed by atoms with Crippen LogP contribution in [0, 0.1) is 11.8 Å². The fraction of sp³-hybridized carbons (Fsp3) is 0.562. The molecule has 0 bridgehead atoms. The summed E-state index contributed by atoms with van der Waals surface area (Å²) in [6, 6.07) is 10.3. The van der Waals surface area contributed by atoms with E-state index in [0.29, 0.717) is 30.8 Å². The number of sulfonamides is 1. The smallest absolute Gasteiger partial charge is 0.303 e. The Hall–Kier alpha value is -1.40. The van der Waals surface area contributed by atoms with Crippen LogP contribution < -0.4 is 0 Å². The summed E-state index contributed by atoms with van der Waals surface area (Å²) in [5, 5.41) is 8.62. The highest BCUT2D eigenvalue weighted by Gasteiger charge is 2.49. The number of benzene rings is 1. The summed E-state index contributed by atoms with van der Waals surface area (Å²) >= 11 is 0. The zero-order chi connectivity index (χ0) is 15.7. The minimum absolute atomic E-state index is 0.0608. The molecule has 22 heavy (non-hydrogen) atoms. The van der Waals surface area contributed by atoms with Crippen molar-refractivity contribution in [1.82, 2.24) is 4.31 Å². The standard InChI is InChI=1S/C16H21NO4S/c18-16(19)7-4-8-22(20,21)17-10-13-9-14(15(13)11-17)12-5-2-1-3-6-12/h1-3,5-6,13-15H,4,7-11H2,(H,18,19)/t13-,14-,15+/m0/s1. The Kier molecular flexibility index (Phi) is 4.23. The number of hydrogen-bond donors (Lipinski definition) is 1. The highest BCUT2D eigenvalue weighted by molar-refractivity contribution is 7.89. The van der Waals surface area contributed by atoms with Gasteiger partial charge in [-0.05, 0) is 36.2 Å². The van der Waals surface area contributed by atoms with Crippen LogP contribution in [0.3, 0.4) is 0 Å². The maximum atomic E-state index is 12.3. The quantitative estimate of drug-likeness (QED) is 0.868. The molecule has 1 saturated carbocycles. The van der Waals surface area contributed by atoms with Crippen LogP contribution in [0.4, 0.5) is 0 Å². The highest BCUT2D eigenvalue weighted by Crippen LogP contribution is 2.51. The van der Waals surface area contributed by atoms with Gasteiger partial charge in [0.25, 0.3) is 0 Å². The van der Waals surface area contributed by atoms with Gasteiger partial charge >= 0.3 is 5.97 Å². The molecule has 1 aromatic rings. The minimum Gasteiger partial charge on any atom is -0.481 e. The minimum atomic E-state index is -3.32. The second-order valence-corrected chi connectivity index (χ2v) is 8.40. The molecule has 0 unspecified atom stereocenters. The van der Waals surface area contributed by atoms with E-state index in [2.05, 4.69) is 12.1 Å². The lowest BCUT2D eigenvalue weighted by molar-refractivity contribution is -0.137. The summed E-state index contributed by atoms with van der Waals surface area (Å²) in [5.74, 6) is 0.330. The Morgan fingerprint density at radius 1 is 1.23 bits per heavy atom. The molecule has 1 aromatic carbocycles. The Labute approximate surface area is 131 Å². The zero-order valence-electron chi connectivity index (χ0n) is 12.4. The van der Waals surface area contributed by atoms with E-state index >= 15 is 0 Å². The van der Waals surface area contributed by atoms with Crippen molar-refractivity contribution in [2.75, 3.05) is 18.8 Å². The molecule has 0 spiro atoms. The molecule has 0 aromatic heterocycles. The second kappa shape index (κ2) is 6.01. The lowest BCUT2D eigenvalue weighted by atomic mass is 9.64. The number of carbonyl (C=O) groups is 1. The number of rotatable bonds is 6. The van der Waals surface area contributed by atoms with Gasteiger partial charge in [-0.3, -0.25) is 4.79 Å². The van der Waals surface area contributed by atoms with E-state index in [1.54, 1.807) is 4.31 Å². The highest BCUT2D eigenvalue weighted by atomic mass is 32.2. The van der Waals surface area contributed by atoms with Crippen molar-refractivity contribution in [1.29, 1.82) is 0 Å². The molecule has 1 N–H and O–H groups in total. The maximum absolute atomic E-state index is 12.3. The average molecular weight is 323 g/mol. The van der Waals surface area contributed by atoms with Gasteiger partial charge in [0.1, 0.15) is 0 Å². The predicted molar refractivity (Wildman–Crippen MR) is 83.0 cm³/mol. The van der Waals surface area contributed by atoms with Crippen LogP contribution >= 0.6 is 0 Å². The Morgan fingerprint density at radius 2 is 1.95 bits per heavy atom. The molecule has 1 aliphatic heterocycles. The van der Waals surface area contributed by atoms with Crippen molar-refractivity contribution in [2.45, 2.75) is 25.2 Å². The first-order chi connectivity index (χ1) is 10.5. The predicted octanol–water partition coefficient (Wildman–Crippen LogP) is 1.92. The van der Waals surface area contributed by atoms with Crippen LogP contribution in [0.2, 0.25) is 0 Å². The number of carboxylic acid groups (broad SMARTS) is 1. The molecule has 3 rings (SSSR count). The topological polar surface area (TPSA) is 74.7 Å². The molecule has 5 nitrogen and oxygen atoms in total. The van der Waals surface area contributed by atoms with Crippen LogP contribution in [-0.2, 0) is 14.8 Å². The average Bonchev–Trinajstić information content (AvgIpc) is 2.78. The van der Waals surface area contributed by atoms with Gasteiger partial charge in [-0.2, -0.15) is 0 Å². The van der Waals surface area contributed by atoms with E-state index in [-0.39, 0.29) is 18.6 Å². The number of carboxylic acids is 1. The normalized spacial score (nSPS) is 28.1. The first-order valence-electron chi connectivity index (χ1n) is 7.72. The molecule has 1 heterocycles. The van der Waals surface area contributed by atoms with E-state index in [0.717, 1.165) is 6.42 Å². The number of nitrogens with zero attached hydrogens (tertiary/aromatic N) is 1. The summed E-state index contributed by atoms with van der Waals surface area (Å²) in [7, 11) is -3.32. The summed E-state index contributed by atoms with van der Waals surface area (Å²) < 4.78 is 26.2. The summed E-state index contributed by atoms with van der Waals surface area (Å²) in [4.78, 5) is 10.5.